The first-order valence-corrected chi connectivity index (χ1v) is 6.67. The molecule has 17 heavy (non-hydrogen) atoms. The Morgan fingerprint density at radius 1 is 1.53 bits per heavy atom. The third-order valence-corrected chi connectivity index (χ3v) is 3.62. The minimum absolute atomic E-state index is 0.448. The Bertz CT molecular complexity index is 359. The van der Waals surface area contributed by atoms with Gasteiger partial charge in [-0.15, -0.1) is 11.6 Å². The molecule has 94 valence electrons. The van der Waals surface area contributed by atoms with Crippen LogP contribution in [0.25, 0.3) is 0 Å². The molecule has 1 aromatic rings. The number of likely N-dealkylation sites (N-methyl/N-ethyl adjacent to an activating group) is 1. The number of likely N-dealkylation sites (tertiary alicyclic amines) is 1. The van der Waals surface area contributed by atoms with Gasteiger partial charge in [-0.25, -0.2) is 4.98 Å². The zero-order chi connectivity index (χ0) is 12.1. The van der Waals surface area contributed by atoms with E-state index in [-0.39, 0.29) is 0 Å². The monoisotopic (exact) mass is 254 g/mol. The number of halogens is 1. The summed E-state index contributed by atoms with van der Waals surface area (Å²) in [5.74, 6) is 1.13. The lowest BCUT2D eigenvalue weighted by molar-refractivity contribution is 0.122. The molecule has 1 unspecified atom stereocenters. The summed E-state index contributed by atoms with van der Waals surface area (Å²) >= 11 is 5.85. The van der Waals surface area contributed by atoms with Crippen LogP contribution < -0.4 is 4.74 Å². The first-order valence-electron chi connectivity index (χ1n) is 6.14. The summed E-state index contributed by atoms with van der Waals surface area (Å²) in [4.78, 5) is 6.60. The molecule has 0 spiro atoms. The lowest BCUT2D eigenvalue weighted by Crippen LogP contribution is -2.40. The maximum Gasteiger partial charge on any atom is 0.217 e. The lowest BCUT2D eigenvalue weighted by atomic mass is 10.0. The van der Waals surface area contributed by atoms with Gasteiger partial charge in [0.15, 0.2) is 0 Å². The molecule has 4 heteroatoms. The number of hydrogen-bond donors (Lipinski definition) is 0. The number of pyridine rings is 1. The predicted molar refractivity (Wildman–Crippen MR) is 69.6 cm³/mol. The van der Waals surface area contributed by atoms with Crippen molar-refractivity contribution in [2.75, 3.05) is 20.2 Å². The lowest BCUT2D eigenvalue weighted by Gasteiger charge is -2.32. The third kappa shape index (κ3) is 3.33. The van der Waals surface area contributed by atoms with Crippen molar-refractivity contribution in [3.63, 3.8) is 0 Å². The second kappa shape index (κ2) is 6.22. The Morgan fingerprint density at radius 3 is 3.18 bits per heavy atom. The van der Waals surface area contributed by atoms with Crippen LogP contribution in [-0.4, -0.2) is 36.1 Å². The summed E-state index contributed by atoms with van der Waals surface area (Å²) in [6.45, 7) is 1.87. The SMILES string of the molecule is CN1CCCCC1COc1ncccc1CCl. The highest BCUT2D eigenvalue weighted by atomic mass is 35.5. The Kier molecular flexibility index (Phi) is 4.63. The molecular formula is C13H19ClN2O. The normalized spacial score (nSPS) is 21.4. The molecule has 0 aliphatic carbocycles. The van der Waals surface area contributed by atoms with Gasteiger partial charge in [0.2, 0.25) is 5.88 Å². The van der Waals surface area contributed by atoms with Gasteiger partial charge in [-0.2, -0.15) is 0 Å². The Morgan fingerprint density at radius 2 is 2.41 bits per heavy atom. The molecule has 1 fully saturated rings. The number of aromatic nitrogens is 1. The molecule has 0 radical (unpaired) electrons. The van der Waals surface area contributed by atoms with Crippen LogP contribution in [0.5, 0.6) is 5.88 Å². The van der Waals surface area contributed by atoms with Gasteiger partial charge in [0.25, 0.3) is 0 Å². The summed E-state index contributed by atoms with van der Waals surface area (Å²) in [5.41, 5.74) is 0.965. The van der Waals surface area contributed by atoms with Gasteiger partial charge in [-0.05, 0) is 32.5 Å². The van der Waals surface area contributed by atoms with Crippen LogP contribution in [0.15, 0.2) is 18.3 Å². The van der Waals surface area contributed by atoms with Crippen molar-refractivity contribution in [1.82, 2.24) is 9.88 Å². The Labute approximate surface area is 108 Å². The summed E-state index contributed by atoms with van der Waals surface area (Å²) in [6, 6.07) is 4.35. The molecule has 1 aliphatic rings. The Hall–Kier alpha value is -0.800. The number of nitrogens with zero attached hydrogens (tertiary/aromatic N) is 2. The molecule has 0 N–H and O–H groups in total. The topological polar surface area (TPSA) is 25.4 Å². The molecule has 0 saturated carbocycles. The van der Waals surface area contributed by atoms with Gasteiger partial charge in [0.05, 0.1) is 5.88 Å². The molecule has 0 amide bonds. The van der Waals surface area contributed by atoms with E-state index in [2.05, 4.69) is 16.9 Å². The van der Waals surface area contributed by atoms with E-state index in [1.165, 1.54) is 25.8 Å². The standard InChI is InChI=1S/C13H19ClN2O/c1-16-8-3-2-6-12(16)10-17-13-11(9-14)5-4-7-15-13/h4-5,7,12H,2-3,6,8-10H2,1H3. The molecule has 0 bridgehead atoms. The zero-order valence-corrected chi connectivity index (χ0v) is 11.0. The second-order valence-corrected chi connectivity index (χ2v) is 4.81. The average Bonchev–Trinajstić information content (AvgIpc) is 2.38. The maximum atomic E-state index is 5.85. The summed E-state index contributed by atoms with van der Waals surface area (Å²) in [6.07, 6.45) is 5.54. The van der Waals surface area contributed by atoms with Crippen molar-refractivity contribution in [3.8, 4) is 5.88 Å². The molecule has 1 saturated heterocycles. The van der Waals surface area contributed by atoms with E-state index in [0.717, 1.165) is 5.56 Å². The second-order valence-electron chi connectivity index (χ2n) is 4.54. The molecule has 0 aromatic carbocycles. The Balaban J connectivity index is 1.92. The van der Waals surface area contributed by atoms with E-state index in [1.54, 1.807) is 6.20 Å². The fraction of sp³-hybridized carbons (Fsp3) is 0.615. The predicted octanol–water partition coefficient (Wildman–Crippen LogP) is 2.68. The molecule has 2 heterocycles. The van der Waals surface area contributed by atoms with E-state index < -0.39 is 0 Å². The average molecular weight is 255 g/mol. The van der Waals surface area contributed by atoms with E-state index >= 15 is 0 Å². The number of hydrogen-bond acceptors (Lipinski definition) is 3. The van der Waals surface area contributed by atoms with Crippen molar-refractivity contribution in [1.29, 1.82) is 0 Å². The summed E-state index contributed by atoms with van der Waals surface area (Å²) < 4.78 is 5.80. The molecular weight excluding hydrogens is 236 g/mol. The minimum atomic E-state index is 0.448. The minimum Gasteiger partial charge on any atom is -0.476 e. The van der Waals surface area contributed by atoms with Crippen LogP contribution in [0.3, 0.4) is 0 Å². The van der Waals surface area contributed by atoms with Crippen molar-refractivity contribution < 1.29 is 4.74 Å². The highest BCUT2D eigenvalue weighted by molar-refractivity contribution is 6.17. The first-order chi connectivity index (χ1) is 8.31. The number of rotatable bonds is 4. The van der Waals surface area contributed by atoms with E-state index in [9.17, 15) is 0 Å². The number of ether oxygens (including phenoxy) is 1. The van der Waals surface area contributed by atoms with E-state index in [4.69, 9.17) is 16.3 Å². The molecule has 2 rings (SSSR count). The highest BCUT2D eigenvalue weighted by Crippen LogP contribution is 2.19. The summed E-state index contributed by atoms with van der Waals surface area (Å²) in [7, 11) is 2.16. The van der Waals surface area contributed by atoms with Crippen LogP contribution in [0, 0.1) is 0 Å². The maximum absolute atomic E-state index is 5.85. The van der Waals surface area contributed by atoms with Gasteiger partial charge in [-0.1, -0.05) is 12.5 Å². The third-order valence-electron chi connectivity index (χ3n) is 3.33. The van der Waals surface area contributed by atoms with Gasteiger partial charge in [0, 0.05) is 17.8 Å². The van der Waals surface area contributed by atoms with Crippen molar-refractivity contribution in [2.45, 2.75) is 31.2 Å². The highest BCUT2D eigenvalue weighted by Gasteiger charge is 2.19. The largest absolute Gasteiger partial charge is 0.476 e. The molecule has 1 aromatic heterocycles. The number of alkyl halides is 1. The van der Waals surface area contributed by atoms with Crippen LogP contribution in [0.4, 0.5) is 0 Å². The summed E-state index contributed by atoms with van der Waals surface area (Å²) in [5, 5.41) is 0. The van der Waals surface area contributed by atoms with Crippen LogP contribution in [-0.2, 0) is 5.88 Å². The molecule has 1 atom stereocenters. The molecule has 3 nitrogen and oxygen atoms in total. The fourth-order valence-electron chi connectivity index (χ4n) is 2.19. The van der Waals surface area contributed by atoms with Crippen molar-refractivity contribution >= 4 is 11.6 Å². The fourth-order valence-corrected chi connectivity index (χ4v) is 2.39. The molecule has 1 aliphatic heterocycles. The first kappa shape index (κ1) is 12.7. The smallest absolute Gasteiger partial charge is 0.217 e. The quantitative estimate of drug-likeness (QED) is 0.773. The zero-order valence-electron chi connectivity index (χ0n) is 10.2. The van der Waals surface area contributed by atoms with Gasteiger partial charge in [-0.3, -0.25) is 0 Å². The van der Waals surface area contributed by atoms with Gasteiger partial charge < -0.3 is 9.64 Å². The van der Waals surface area contributed by atoms with Crippen LogP contribution in [0.1, 0.15) is 24.8 Å². The number of piperidine rings is 1. The van der Waals surface area contributed by atoms with E-state index in [0.29, 0.717) is 24.4 Å². The van der Waals surface area contributed by atoms with Crippen LogP contribution >= 0.6 is 11.6 Å². The van der Waals surface area contributed by atoms with Gasteiger partial charge >= 0.3 is 0 Å². The van der Waals surface area contributed by atoms with Crippen molar-refractivity contribution in [3.05, 3.63) is 23.9 Å². The van der Waals surface area contributed by atoms with E-state index in [1.807, 2.05) is 12.1 Å². The van der Waals surface area contributed by atoms with Crippen molar-refractivity contribution in [2.24, 2.45) is 0 Å². The van der Waals surface area contributed by atoms with Crippen LogP contribution in [0.2, 0.25) is 0 Å². The van der Waals surface area contributed by atoms with Gasteiger partial charge in [0.1, 0.15) is 6.61 Å².